The predicted octanol–water partition coefficient (Wildman–Crippen LogP) is 4.04. The SMILES string of the molecule is C[C@@H](c1ccc2c(c1)SC(=O)C2)c1ccn(-c2ccc(OCCOC(=O)CNC(=O)OC(C)(C)C)cn2)n1. The summed E-state index contributed by atoms with van der Waals surface area (Å²) in [6.45, 7) is 7.15. The van der Waals surface area contributed by atoms with Crippen molar-refractivity contribution in [1.82, 2.24) is 20.1 Å². The molecule has 2 aromatic heterocycles. The maximum absolute atomic E-state index is 11.7. The molecule has 1 aromatic carbocycles. The number of carbonyl (C=O) groups excluding carboxylic acids is 3. The van der Waals surface area contributed by atoms with Crippen LogP contribution in [-0.4, -0.2) is 57.3 Å². The van der Waals surface area contributed by atoms with Gasteiger partial charge in [-0.05, 0) is 56.2 Å². The van der Waals surface area contributed by atoms with Gasteiger partial charge in [0.05, 0.1) is 11.9 Å². The normalized spacial score (nSPS) is 13.5. The molecule has 0 bridgehead atoms. The van der Waals surface area contributed by atoms with Crippen LogP contribution in [0, 0.1) is 0 Å². The zero-order chi connectivity index (χ0) is 27.3. The largest absolute Gasteiger partial charge is 0.488 e. The number of hydrogen-bond acceptors (Lipinski definition) is 9. The smallest absolute Gasteiger partial charge is 0.408 e. The third-order valence-electron chi connectivity index (χ3n) is 5.55. The van der Waals surface area contributed by atoms with Gasteiger partial charge in [0, 0.05) is 23.4 Å². The predicted molar refractivity (Wildman–Crippen MR) is 141 cm³/mol. The van der Waals surface area contributed by atoms with Crippen molar-refractivity contribution in [2.45, 2.75) is 50.5 Å². The van der Waals surface area contributed by atoms with Gasteiger partial charge in [-0.2, -0.15) is 5.10 Å². The summed E-state index contributed by atoms with van der Waals surface area (Å²) in [6, 6.07) is 11.7. The van der Waals surface area contributed by atoms with Crippen molar-refractivity contribution in [3.63, 3.8) is 0 Å². The molecule has 4 rings (SSSR count). The maximum atomic E-state index is 11.7. The summed E-state index contributed by atoms with van der Waals surface area (Å²) in [5.41, 5.74) is 2.44. The molecule has 0 radical (unpaired) electrons. The van der Waals surface area contributed by atoms with Crippen molar-refractivity contribution >= 4 is 28.9 Å². The van der Waals surface area contributed by atoms with Crippen LogP contribution >= 0.6 is 11.8 Å². The number of rotatable bonds is 9. The van der Waals surface area contributed by atoms with Gasteiger partial charge in [-0.3, -0.25) is 9.59 Å². The molecule has 1 aliphatic rings. The molecular weight excluding hydrogens is 508 g/mol. The van der Waals surface area contributed by atoms with Gasteiger partial charge >= 0.3 is 12.1 Å². The van der Waals surface area contributed by atoms with E-state index in [4.69, 9.17) is 14.2 Å². The topological polar surface area (TPSA) is 122 Å². The summed E-state index contributed by atoms with van der Waals surface area (Å²) in [5.74, 6) is 0.611. The molecule has 38 heavy (non-hydrogen) atoms. The zero-order valence-electron chi connectivity index (χ0n) is 21.7. The minimum atomic E-state index is -0.685. The van der Waals surface area contributed by atoms with Crippen LogP contribution in [-0.2, 0) is 25.5 Å². The lowest BCUT2D eigenvalue weighted by Gasteiger charge is -2.19. The van der Waals surface area contributed by atoms with E-state index in [9.17, 15) is 14.4 Å². The van der Waals surface area contributed by atoms with Crippen molar-refractivity contribution in [3.05, 3.63) is 65.6 Å². The van der Waals surface area contributed by atoms with Gasteiger partial charge in [0.15, 0.2) is 10.9 Å². The van der Waals surface area contributed by atoms with Gasteiger partial charge < -0.3 is 19.5 Å². The Labute approximate surface area is 225 Å². The highest BCUT2D eigenvalue weighted by molar-refractivity contribution is 8.14. The van der Waals surface area contributed by atoms with E-state index in [2.05, 4.69) is 34.5 Å². The van der Waals surface area contributed by atoms with E-state index in [0.717, 1.165) is 21.7 Å². The first-order valence-electron chi connectivity index (χ1n) is 12.2. The molecule has 3 aromatic rings. The van der Waals surface area contributed by atoms with Crippen molar-refractivity contribution < 1.29 is 28.6 Å². The molecule has 0 saturated heterocycles. The highest BCUT2D eigenvalue weighted by Gasteiger charge is 2.22. The fourth-order valence-corrected chi connectivity index (χ4v) is 4.62. The molecule has 1 atom stereocenters. The molecule has 1 aliphatic heterocycles. The second kappa shape index (κ2) is 11.7. The number of hydrogen-bond donors (Lipinski definition) is 1. The molecule has 10 nitrogen and oxygen atoms in total. The second-order valence-electron chi connectivity index (χ2n) is 9.70. The summed E-state index contributed by atoms with van der Waals surface area (Å²) < 4.78 is 17.4. The lowest BCUT2D eigenvalue weighted by molar-refractivity contribution is -0.143. The van der Waals surface area contributed by atoms with Crippen LogP contribution in [0.3, 0.4) is 0 Å². The summed E-state index contributed by atoms with van der Waals surface area (Å²) in [6.07, 6.45) is 3.23. The Morgan fingerprint density at radius 2 is 1.97 bits per heavy atom. The molecule has 3 heterocycles. The van der Waals surface area contributed by atoms with Crippen LogP contribution in [0.5, 0.6) is 5.75 Å². The number of alkyl carbamates (subject to hydrolysis) is 1. The van der Waals surface area contributed by atoms with Gasteiger partial charge in [-0.25, -0.2) is 14.5 Å². The lowest BCUT2D eigenvalue weighted by Crippen LogP contribution is -2.36. The number of pyridine rings is 1. The van der Waals surface area contributed by atoms with Gasteiger partial charge in [0.2, 0.25) is 0 Å². The third kappa shape index (κ3) is 7.34. The lowest BCUT2D eigenvalue weighted by atomic mass is 9.96. The van der Waals surface area contributed by atoms with E-state index in [1.54, 1.807) is 43.8 Å². The van der Waals surface area contributed by atoms with Crippen molar-refractivity contribution in [1.29, 1.82) is 0 Å². The van der Waals surface area contributed by atoms with Crippen LogP contribution in [0.25, 0.3) is 5.82 Å². The Morgan fingerprint density at radius 1 is 1.16 bits per heavy atom. The van der Waals surface area contributed by atoms with Gasteiger partial charge in [-0.1, -0.05) is 30.8 Å². The number of nitrogens with one attached hydrogen (secondary N) is 1. The maximum Gasteiger partial charge on any atom is 0.408 e. The Bertz CT molecular complexity index is 1320. The highest BCUT2D eigenvalue weighted by atomic mass is 32.2. The highest BCUT2D eigenvalue weighted by Crippen LogP contribution is 2.35. The first-order valence-corrected chi connectivity index (χ1v) is 13.0. The molecule has 200 valence electrons. The van der Waals surface area contributed by atoms with Gasteiger partial charge in [0.1, 0.15) is 31.1 Å². The van der Waals surface area contributed by atoms with E-state index in [-0.39, 0.29) is 30.8 Å². The molecule has 0 fully saturated rings. The Kier molecular flexibility index (Phi) is 8.35. The van der Waals surface area contributed by atoms with Crippen molar-refractivity contribution in [2.24, 2.45) is 0 Å². The molecule has 0 spiro atoms. The summed E-state index contributed by atoms with van der Waals surface area (Å²) in [4.78, 5) is 40.5. The number of benzene rings is 1. The standard InChI is InChI=1S/C27H30N4O6S/c1-17(18-5-6-19-14-25(33)38-22(19)13-18)21-9-10-31(30-21)23-8-7-20(15-28-23)35-11-12-36-24(32)16-29-26(34)37-27(2,3)4/h5-10,13,15,17H,11-12,14,16H2,1-4H3,(H,29,34)/t17-/m0/s1. The third-order valence-corrected chi connectivity index (χ3v) is 6.52. The molecule has 0 unspecified atom stereocenters. The molecule has 1 amide bonds. The molecule has 11 heteroatoms. The monoisotopic (exact) mass is 538 g/mol. The minimum Gasteiger partial charge on any atom is -0.488 e. The summed E-state index contributed by atoms with van der Waals surface area (Å²) in [5, 5.41) is 7.20. The number of fused-ring (bicyclic) bond motifs is 1. The number of ether oxygens (including phenoxy) is 3. The van der Waals surface area contributed by atoms with Crippen molar-refractivity contribution in [2.75, 3.05) is 19.8 Å². The van der Waals surface area contributed by atoms with E-state index in [1.165, 1.54) is 11.8 Å². The number of nitrogens with zero attached hydrogens (tertiary/aromatic N) is 3. The fraction of sp³-hybridized carbons (Fsp3) is 0.370. The van der Waals surface area contributed by atoms with Gasteiger partial charge in [-0.15, -0.1) is 0 Å². The number of carbonyl (C=O) groups is 3. The Balaban J connectivity index is 1.23. The zero-order valence-corrected chi connectivity index (χ0v) is 22.5. The first-order chi connectivity index (χ1) is 18.1. The minimum absolute atomic E-state index is 0.0202. The van der Waals surface area contributed by atoms with E-state index in [1.807, 2.05) is 18.3 Å². The number of amides is 1. The van der Waals surface area contributed by atoms with E-state index >= 15 is 0 Å². The number of esters is 1. The average Bonchev–Trinajstić information content (AvgIpc) is 3.50. The fourth-order valence-electron chi connectivity index (χ4n) is 3.68. The van der Waals surface area contributed by atoms with E-state index < -0.39 is 17.7 Å². The Morgan fingerprint density at radius 3 is 2.71 bits per heavy atom. The quantitative estimate of drug-likeness (QED) is 0.318. The van der Waals surface area contributed by atoms with Crippen LogP contribution in [0.2, 0.25) is 0 Å². The number of aromatic nitrogens is 3. The first kappa shape index (κ1) is 27.2. The van der Waals surface area contributed by atoms with E-state index in [0.29, 0.717) is 18.0 Å². The van der Waals surface area contributed by atoms with Crippen LogP contribution in [0.1, 0.15) is 50.4 Å². The number of thioether (sulfide) groups is 1. The van der Waals surface area contributed by atoms with Crippen LogP contribution in [0.4, 0.5) is 4.79 Å². The molecule has 0 aliphatic carbocycles. The molecular formula is C27H30N4O6S. The molecule has 1 N–H and O–H groups in total. The Hall–Kier alpha value is -3.86. The second-order valence-corrected chi connectivity index (χ2v) is 10.8. The summed E-state index contributed by atoms with van der Waals surface area (Å²) in [7, 11) is 0. The van der Waals surface area contributed by atoms with Crippen LogP contribution < -0.4 is 10.1 Å². The van der Waals surface area contributed by atoms with Crippen molar-refractivity contribution in [3.8, 4) is 11.6 Å². The van der Waals surface area contributed by atoms with Crippen LogP contribution in [0.15, 0.2) is 53.7 Å². The average molecular weight is 539 g/mol. The molecule has 0 saturated carbocycles. The van der Waals surface area contributed by atoms with Gasteiger partial charge in [0.25, 0.3) is 0 Å². The summed E-state index contributed by atoms with van der Waals surface area (Å²) >= 11 is 1.30.